The predicted molar refractivity (Wildman–Crippen MR) is 72.1 cm³/mol. The van der Waals surface area contributed by atoms with E-state index in [-0.39, 0.29) is 12.4 Å². The first-order chi connectivity index (χ1) is 6.76. The van der Waals surface area contributed by atoms with Gasteiger partial charge >= 0.3 is 0 Å². The summed E-state index contributed by atoms with van der Waals surface area (Å²) in [5, 5.41) is 3.48. The van der Waals surface area contributed by atoms with Crippen molar-refractivity contribution in [2.75, 3.05) is 6.26 Å². The van der Waals surface area contributed by atoms with Crippen molar-refractivity contribution in [2.24, 2.45) is 0 Å². The largest absolute Gasteiger partial charge is 0.310 e. The minimum Gasteiger partial charge on any atom is -0.310 e. The Morgan fingerprint density at radius 1 is 1.27 bits per heavy atom. The number of benzene rings is 1. The summed E-state index contributed by atoms with van der Waals surface area (Å²) in [4.78, 5) is 1.33. The van der Waals surface area contributed by atoms with Gasteiger partial charge in [-0.05, 0) is 37.3 Å². The van der Waals surface area contributed by atoms with Crippen LogP contribution in [0.25, 0.3) is 0 Å². The number of hydrogen-bond donors (Lipinski definition) is 1. The maximum atomic E-state index is 3.48. The maximum absolute atomic E-state index is 3.48. The minimum atomic E-state index is 0. The highest BCUT2D eigenvalue weighted by Crippen LogP contribution is 2.14. The normalized spacial score (nSPS) is 11.9. The zero-order chi connectivity index (χ0) is 10.4. The van der Waals surface area contributed by atoms with Gasteiger partial charge in [0.05, 0.1) is 0 Å². The molecule has 1 rings (SSSR count). The molecule has 86 valence electrons. The van der Waals surface area contributed by atoms with Crippen LogP contribution in [-0.2, 0) is 6.54 Å². The van der Waals surface area contributed by atoms with Crippen LogP contribution in [0.1, 0.15) is 25.8 Å². The molecule has 0 amide bonds. The topological polar surface area (TPSA) is 12.0 Å². The molecule has 0 heterocycles. The number of rotatable bonds is 5. The molecule has 1 atom stereocenters. The molecule has 0 saturated carbocycles. The molecule has 0 spiro atoms. The summed E-state index contributed by atoms with van der Waals surface area (Å²) in [7, 11) is 0. The van der Waals surface area contributed by atoms with E-state index in [0.29, 0.717) is 6.04 Å². The van der Waals surface area contributed by atoms with Crippen molar-refractivity contribution in [3.8, 4) is 0 Å². The molecule has 1 N–H and O–H groups in total. The van der Waals surface area contributed by atoms with Crippen molar-refractivity contribution in [1.82, 2.24) is 5.32 Å². The monoisotopic (exact) mass is 245 g/mol. The Bertz CT molecular complexity index is 261. The van der Waals surface area contributed by atoms with Crippen LogP contribution in [0.5, 0.6) is 0 Å². The van der Waals surface area contributed by atoms with Gasteiger partial charge in [0.1, 0.15) is 0 Å². The average molecular weight is 246 g/mol. The molecule has 0 aromatic heterocycles. The van der Waals surface area contributed by atoms with Gasteiger partial charge in [-0.2, -0.15) is 0 Å². The van der Waals surface area contributed by atoms with E-state index in [1.165, 1.54) is 16.9 Å². The van der Waals surface area contributed by atoms with Gasteiger partial charge < -0.3 is 5.32 Å². The lowest BCUT2D eigenvalue weighted by atomic mass is 10.2. The molecule has 0 bridgehead atoms. The molecule has 1 unspecified atom stereocenters. The molecule has 0 aliphatic heterocycles. The second-order valence-electron chi connectivity index (χ2n) is 3.54. The van der Waals surface area contributed by atoms with E-state index < -0.39 is 0 Å². The number of hydrogen-bond acceptors (Lipinski definition) is 2. The average Bonchev–Trinajstić information content (AvgIpc) is 2.26. The van der Waals surface area contributed by atoms with Gasteiger partial charge in [-0.25, -0.2) is 0 Å². The fraction of sp³-hybridized carbons (Fsp3) is 0.500. The second-order valence-corrected chi connectivity index (χ2v) is 4.42. The summed E-state index contributed by atoms with van der Waals surface area (Å²) in [6, 6.07) is 9.36. The van der Waals surface area contributed by atoms with E-state index in [4.69, 9.17) is 0 Å². The fourth-order valence-electron chi connectivity index (χ4n) is 1.18. The van der Waals surface area contributed by atoms with E-state index in [1.54, 1.807) is 11.8 Å². The van der Waals surface area contributed by atoms with E-state index >= 15 is 0 Å². The van der Waals surface area contributed by atoms with Crippen LogP contribution < -0.4 is 5.32 Å². The second kappa shape index (κ2) is 8.03. The molecule has 0 aliphatic rings. The number of nitrogens with one attached hydrogen (secondary N) is 1. The van der Waals surface area contributed by atoms with Crippen molar-refractivity contribution in [1.29, 1.82) is 0 Å². The van der Waals surface area contributed by atoms with Crippen LogP contribution >= 0.6 is 24.2 Å². The summed E-state index contributed by atoms with van der Waals surface area (Å²) in [6.45, 7) is 5.40. The van der Waals surface area contributed by atoms with Crippen molar-refractivity contribution in [3.63, 3.8) is 0 Å². The Kier molecular flexibility index (Phi) is 7.93. The predicted octanol–water partition coefficient (Wildman–Crippen LogP) is 3.72. The van der Waals surface area contributed by atoms with Crippen molar-refractivity contribution < 1.29 is 0 Å². The first-order valence-electron chi connectivity index (χ1n) is 5.12. The van der Waals surface area contributed by atoms with Gasteiger partial charge in [0.15, 0.2) is 0 Å². The van der Waals surface area contributed by atoms with Gasteiger partial charge in [-0.1, -0.05) is 19.1 Å². The van der Waals surface area contributed by atoms with E-state index in [9.17, 15) is 0 Å². The molecule has 15 heavy (non-hydrogen) atoms. The van der Waals surface area contributed by atoms with Crippen molar-refractivity contribution in [2.45, 2.75) is 37.8 Å². The third kappa shape index (κ3) is 5.45. The summed E-state index contributed by atoms with van der Waals surface area (Å²) in [5.74, 6) is 0. The van der Waals surface area contributed by atoms with Gasteiger partial charge in [0, 0.05) is 17.5 Å². The van der Waals surface area contributed by atoms with Crippen LogP contribution in [0, 0.1) is 0 Å². The number of halogens is 1. The molecular formula is C12H20ClNS. The summed E-state index contributed by atoms with van der Waals surface area (Å²) >= 11 is 1.79. The third-order valence-electron chi connectivity index (χ3n) is 2.43. The standard InChI is InChI=1S/C12H19NS.ClH/c1-4-10(2)13-9-11-5-7-12(14-3)8-6-11;/h5-8,10,13H,4,9H2,1-3H3;1H. The Morgan fingerprint density at radius 2 is 1.87 bits per heavy atom. The highest BCUT2D eigenvalue weighted by atomic mass is 35.5. The molecule has 1 nitrogen and oxygen atoms in total. The van der Waals surface area contributed by atoms with Gasteiger partial charge in [0.25, 0.3) is 0 Å². The van der Waals surface area contributed by atoms with Crippen LogP contribution in [0.3, 0.4) is 0 Å². The van der Waals surface area contributed by atoms with Crippen LogP contribution in [0.15, 0.2) is 29.2 Å². The Labute approximate surface area is 103 Å². The zero-order valence-electron chi connectivity index (χ0n) is 9.62. The Balaban J connectivity index is 0.00000196. The van der Waals surface area contributed by atoms with Gasteiger partial charge in [0.2, 0.25) is 0 Å². The summed E-state index contributed by atoms with van der Waals surface area (Å²) in [6.07, 6.45) is 3.29. The molecule has 1 aromatic rings. The first kappa shape index (κ1) is 14.8. The van der Waals surface area contributed by atoms with Gasteiger partial charge in [-0.3, -0.25) is 0 Å². The van der Waals surface area contributed by atoms with E-state index in [0.717, 1.165) is 6.54 Å². The first-order valence-corrected chi connectivity index (χ1v) is 6.35. The summed E-state index contributed by atoms with van der Waals surface area (Å²) < 4.78 is 0. The molecule has 1 aromatic carbocycles. The van der Waals surface area contributed by atoms with Crippen LogP contribution in [0.2, 0.25) is 0 Å². The molecule has 0 radical (unpaired) electrons. The Hall–Kier alpha value is -0.180. The highest BCUT2D eigenvalue weighted by Gasteiger charge is 1.97. The zero-order valence-corrected chi connectivity index (χ0v) is 11.3. The molecule has 3 heteroatoms. The fourth-order valence-corrected chi connectivity index (χ4v) is 1.59. The minimum absolute atomic E-state index is 0. The lowest BCUT2D eigenvalue weighted by Gasteiger charge is -2.11. The van der Waals surface area contributed by atoms with E-state index in [1.807, 2.05) is 0 Å². The highest BCUT2D eigenvalue weighted by molar-refractivity contribution is 7.98. The Morgan fingerprint density at radius 3 is 2.33 bits per heavy atom. The lowest BCUT2D eigenvalue weighted by molar-refractivity contribution is 0.534. The van der Waals surface area contributed by atoms with Crippen LogP contribution in [0.4, 0.5) is 0 Å². The molecule has 0 saturated heterocycles. The van der Waals surface area contributed by atoms with Crippen molar-refractivity contribution in [3.05, 3.63) is 29.8 Å². The lowest BCUT2D eigenvalue weighted by Crippen LogP contribution is -2.24. The quantitative estimate of drug-likeness (QED) is 0.794. The SMILES string of the molecule is CCC(C)NCc1ccc(SC)cc1.Cl. The molecule has 0 fully saturated rings. The van der Waals surface area contributed by atoms with Crippen molar-refractivity contribution >= 4 is 24.2 Å². The van der Waals surface area contributed by atoms with Crippen LogP contribution in [-0.4, -0.2) is 12.3 Å². The third-order valence-corrected chi connectivity index (χ3v) is 3.17. The van der Waals surface area contributed by atoms with Gasteiger partial charge in [-0.15, -0.1) is 24.2 Å². The number of thioether (sulfide) groups is 1. The van der Waals surface area contributed by atoms with E-state index in [2.05, 4.69) is 49.7 Å². The summed E-state index contributed by atoms with van der Waals surface area (Å²) in [5.41, 5.74) is 1.36. The molecular weight excluding hydrogens is 226 g/mol. The smallest absolute Gasteiger partial charge is 0.0207 e. The maximum Gasteiger partial charge on any atom is 0.0207 e. The molecule has 0 aliphatic carbocycles.